The first-order valence-corrected chi connectivity index (χ1v) is 5.99. The van der Waals surface area contributed by atoms with Gasteiger partial charge in [-0.05, 0) is 12.1 Å². The first kappa shape index (κ1) is 12.8. The fourth-order valence-electron chi connectivity index (χ4n) is 1.07. The molecule has 3 N–H and O–H groups in total. The van der Waals surface area contributed by atoms with E-state index in [1.54, 1.807) is 17.8 Å². The third kappa shape index (κ3) is 4.50. The molecule has 1 aromatic rings. The van der Waals surface area contributed by atoms with Crippen molar-refractivity contribution in [3.63, 3.8) is 0 Å². The number of nitrogens with zero attached hydrogens (tertiary/aromatic N) is 1. The Morgan fingerprint density at radius 2 is 2.44 bits per heavy atom. The van der Waals surface area contributed by atoms with E-state index in [0.717, 1.165) is 17.2 Å². The lowest BCUT2D eigenvalue weighted by atomic mass is 10.4. The molecule has 1 rings (SSSR count). The highest BCUT2D eigenvalue weighted by Gasteiger charge is 2.01. The molecular formula is C10H15N3O2S. The number of esters is 1. The molecule has 0 atom stereocenters. The number of nitrogens with one attached hydrogen (secondary N) is 1. The van der Waals surface area contributed by atoms with Crippen LogP contribution in [0.15, 0.2) is 18.2 Å². The Kier molecular flexibility index (Phi) is 5.66. The molecule has 16 heavy (non-hydrogen) atoms. The number of carbonyl (C=O) groups excluding carboxylic acids is 1. The molecular weight excluding hydrogens is 226 g/mol. The molecule has 5 nitrogen and oxygen atoms in total. The molecule has 0 unspecified atom stereocenters. The fourth-order valence-corrected chi connectivity index (χ4v) is 1.90. The van der Waals surface area contributed by atoms with E-state index in [-0.39, 0.29) is 5.97 Å². The Bertz CT molecular complexity index is 347. The van der Waals surface area contributed by atoms with E-state index in [1.165, 1.54) is 7.11 Å². The van der Waals surface area contributed by atoms with Gasteiger partial charge in [0.15, 0.2) is 0 Å². The second kappa shape index (κ2) is 7.08. The molecule has 0 radical (unpaired) electrons. The number of rotatable bonds is 6. The molecule has 0 fully saturated rings. The highest BCUT2D eigenvalue weighted by atomic mass is 32.2. The summed E-state index contributed by atoms with van der Waals surface area (Å²) in [5.41, 5.74) is 3.43. The maximum Gasteiger partial charge on any atom is 0.306 e. The van der Waals surface area contributed by atoms with Crippen molar-refractivity contribution in [2.45, 2.75) is 12.2 Å². The third-order valence-electron chi connectivity index (χ3n) is 1.88. The molecule has 1 heterocycles. The molecule has 0 aliphatic rings. The zero-order valence-corrected chi connectivity index (χ0v) is 9.92. The van der Waals surface area contributed by atoms with Crippen LogP contribution in [0.5, 0.6) is 0 Å². The van der Waals surface area contributed by atoms with Gasteiger partial charge >= 0.3 is 5.97 Å². The first-order chi connectivity index (χ1) is 7.76. The molecule has 0 spiro atoms. The van der Waals surface area contributed by atoms with Crippen molar-refractivity contribution in [1.82, 2.24) is 4.98 Å². The Hall–Kier alpha value is -1.27. The minimum absolute atomic E-state index is 0.183. The summed E-state index contributed by atoms with van der Waals surface area (Å²) in [6.07, 6.45) is 0.427. The number of anilines is 1. The van der Waals surface area contributed by atoms with Gasteiger partial charge in [0.1, 0.15) is 5.82 Å². The third-order valence-corrected chi connectivity index (χ3v) is 2.88. The summed E-state index contributed by atoms with van der Waals surface area (Å²) in [5.74, 6) is 7.20. The van der Waals surface area contributed by atoms with Crippen LogP contribution in [0.3, 0.4) is 0 Å². The zero-order valence-electron chi connectivity index (χ0n) is 9.10. The van der Waals surface area contributed by atoms with Gasteiger partial charge in [-0.15, -0.1) is 0 Å². The molecule has 0 aliphatic carbocycles. The van der Waals surface area contributed by atoms with Crippen LogP contribution >= 0.6 is 11.8 Å². The van der Waals surface area contributed by atoms with Gasteiger partial charge < -0.3 is 10.2 Å². The molecule has 1 aromatic heterocycles. The summed E-state index contributed by atoms with van der Waals surface area (Å²) in [4.78, 5) is 15.1. The molecule has 0 amide bonds. The van der Waals surface area contributed by atoms with E-state index in [9.17, 15) is 4.79 Å². The standard InChI is InChI=1S/C10H15N3O2S/c1-15-10(14)5-6-16-7-8-3-2-4-9(12-8)13-11/h2-4H,5-7,11H2,1H3,(H,12,13). The second-order valence-corrected chi connectivity index (χ2v) is 4.14. The van der Waals surface area contributed by atoms with E-state index >= 15 is 0 Å². The number of nitrogen functional groups attached to an aromatic ring is 1. The fraction of sp³-hybridized carbons (Fsp3) is 0.400. The summed E-state index contributed by atoms with van der Waals surface area (Å²) in [5, 5.41) is 0. The minimum atomic E-state index is -0.183. The number of hydrogen-bond acceptors (Lipinski definition) is 6. The SMILES string of the molecule is COC(=O)CCSCc1cccc(NN)n1. The van der Waals surface area contributed by atoms with Crippen LogP contribution < -0.4 is 11.3 Å². The Balaban J connectivity index is 2.28. The van der Waals surface area contributed by atoms with Crippen LogP contribution in [0.2, 0.25) is 0 Å². The van der Waals surface area contributed by atoms with Gasteiger partial charge in [0.25, 0.3) is 0 Å². The number of methoxy groups -OCH3 is 1. The van der Waals surface area contributed by atoms with Gasteiger partial charge in [0.05, 0.1) is 19.2 Å². The molecule has 0 saturated heterocycles. The lowest BCUT2D eigenvalue weighted by molar-refractivity contribution is -0.140. The normalized spacial score (nSPS) is 9.88. The maximum atomic E-state index is 10.8. The van der Waals surface area contributed by atoms with Crippen LogP contribution in [0.1, 0.15) is 12.1 Å². The van der Waals surface area contributed by atoms with Crippen molar-refractivity contribution >= 4 is 23.5 Å². The predicted octanol–water partition coefficient (Wildman–Crippen LogP) is 1.16. The molecule has 0 saturated carbocycles. The molecule has 6 heteroatoms. The maximum absolute atomic E-state index is 10.8. The smallest absolute Gasteiger partial charge is 0.306 e. The van der Waals surface area contributed by atoms with Gasteiger partial charge in [-0.25, -0.2) is 10.8 Å². The van der Waals surface area contributed by atoms with Gasteiger partial charge in [0.2, 0.25) is 0 Å². The molecule has 88 valence electrons. The van der Waals surface area contributed by atoms with Gasteiger partial charge in [0, 0.05) is 11.5 Å². The Morgan fingerprint density at radius 1 is 1.62 bits per heavy atom. The molecule has 0 aliphatic heterocycles. The van der Waals surface area contributed by atoms with Crippen molar-refractivity contribution < 1.29 is 9.53 Å². The molecule has 0 aromatic carbocycles. The average Bonchev–Trinajstić information content (AvgIpc) is 2.34. The van der Waals surface area contributed by atoms with Crippen LogP contribution in [-0.2, 0) is 15.3 Å². The summed E-state index contributed by atoms with van der Waals surface area (Å²) >= 11 is 1.64. The summed E-state index contributed by atoms with van der Waals surface area (Å²) < 4.78 is 4.54. The van der Waals surface area contributed by atoms with Crippen LogP contribution in [0, 0.1) is 0 Å². The minimum Gasteiger partial charge on any atom is -0.469 e. The van der Waals surface area contributed by atoms with Crippen LogP contribution in [0.4, 0.5) is 5.82 Å². The van der Waals surface area contributed by atoms with Crippen molar-refractivity contribution in [2.24, 2.45) is 5.84 Å². The number of hydrazine groups is 1. The summed E-state index contributed by atoms with van der Waals surface area (Å²) in [6, 6.07) is 5.60. The highest BCUT2D eigenvalue weighted by molar-refractivity contribution is 7.98. The topological polar surface area (TPSA) is 77.2 Å². The van der Waals surface area contributed by atoms with E-state index in [2.05, 4.69) is 15.1 Å². The average molecular weight is 241 g/mol. The van der Waals surface area contributed by atoms with Gasteiger partial charge in [-0.3, -0.25) is 4.79 Å². The predicted molar refractivity (Wildman–Crippen MR) is 64.8 cm³/mol. The first-order valence-electron chi connectivity index (χ1n) is 4.83. The lowest BCUT2D eigenvalue weighted by Crippen LogP contribution is -2.09. The number of hydrogen-bond donors (Lipinski definition) is 2. The highest BCUT2D eigenvalue weighted by Crippen LogP contribution is 2.13. The van der Waals surface area contributed by atoms with E-state index in [0.29, 0.717) is 12.2 Å². The van der Waals surface area contributed by atoms with Gasteiger partial charge in [-0.2, -0.15) is 11.8 Å². The quantitative estimate of drug-likeness (QED) is 0.337. The number of carbonyl (C=O) groups is 1. The van der Waals surface area contributed by atoms with Crippen molar-refractivity contribution in [2.75, 3.05) is 18.3 Å². The monoisotopic (exact) mass is 241 g/mol. The lowest BCUT2D eigenvalue weighted by Gasteiger charge is -2.03. The van der Waals surface area contributed by atoms with E-state index < -0.39 is 0 Å². The van der Waals surface area contributed by atoms with Crippen molar-refractivity contribution in [3.8, 4) is 0 Å². The van der Waals surface area contributed by atoms with E-state index in [1.807, 2.05) is 12.1 Å². The summed E-state index contributed by atoms with van der Waals surface area (Å²) in [6.45, 7) is 0. The Morgan fingerprint density at radius 3 is 3.12 bits per heavy atom. The number of ether oxygens (including phenoxy) is 1. The number of pyridine rings is 1. The number of aromatic nitrogens is 1. The van der Waals surface area contributed by atoms with Crippen LogP contribution in [-0.4, -0.2) is 23.8 Å². The van der Waals surface area contributed by atoms with Crippen molar-refractivity contribution in [3.05, 3.63) is 23.9 Å². The largest absolute Gasteiger partial charge is 0.469 e. The molecule has 0 bridgehead atoms. The summed E-state index contributed by atoms with van der Waals surface area (Å²) in [7, 11) is 1.39. The Labute approximate surface area is 98.7 Å². The van der Waals surface area contributed by atoms with E-state index in [4.69, 9.17) is 5.84 Å². The van der Waals surface area contributed by atoms with Crippen molar-refractivity contribution in [1.29, 1.82) is 0 Å². The van der Waals surface area contributed by atoms with Crippen LogP contribution in [0.25, 0.3) is 0 Å². The van der Waals surface area contributed by atoms with Gasteiger partial charge in [-0.1, -0.05) is 6.07 Å². The number of thioether (sulfide) groups is 1. The zero-order chi connectivity index (χ0) is 11.8. The number of nitrogens with two attached hydrogens (primary N) is 1. The second-order valence-electron chi connectivity index (χ2n) is 3.04.